The van der Waals surface area contributed by atoms with Gasteiger partial charge < -0.3 is 4.74 Å². The molecule has 2 rings (SSSR count). The minimum atomic E-state index is -0.920. The van der Waals surface area contributed by atoms with E-state index in [4.69, 9.17) is 16.3 Å². The molecular weight excluding hydrogens is 283 g/mol. The van der Waals surface area contributed by atoms with Gasteiger partial charge in [0.25, 0.3) is 0 Å². The van der Waals surface area contributed by atoms with Crippen LogP contribution in [0, 0.1) is 5.95 Å². The van der Waals surface area contributed by atoms with Crippen molar-refractivity contribution in [2.24, 2.45) is 0 Å². The van der Waals surface area contributed by atoms with E-state index in [1.807, 2.05) is 37.3 Å². The van der Waals surface area contributed by atoms with E-state index in [2.05, 4.69) is 4.98 Å². The largest absolute Gasteiger partial charge is 0.461 e. The summed E-state index contributed by atoms with van der Waals surface area (Å²) in [6.07, 6.45) is 0. The summed E-state index contributed by atoms with van der Waals surface area (Å²) in [6.45, 7) is 3.62. The average Bonchev–Trinajstić information content (AvgIpc) is 2.74. The Kier molecular flexibility index (Phi) is 4.39. The van der Waals surface area contributed by atoms with Crippen LogP contribution in [0.25, 0.3) is 0 Å². The van der Waals surface area contributed by atoms with E-state index in [1.165, 1.54) is 4.57 Å². The lowest BCUT2D eigenvalue weighted by Crippen LogP contribution is -2.17. The highest BCUT2D eigenvalue weighted by Gasteiger charge is 2.27. The van der Waals surface area contributed by atoms with Crippen molar-refractivity contribution in [3.8, 4) is 0 Å². The molecule has 0 amide bonds. The molecule has 1 aromatic carbocycles. The van der Waals surface area contributed by atoms with Crippen LogP contribution in [0.2, 0.25) is 5.28 Å². The summed E-state index contributed by atoms with van der Waals surface area (Å²) in [4.78, 5) is 15.4. The number of halogens is 2. The van der Waals surface area contributed by atoms with Crippen LogP contribution >= 0.6 is 11.6 Å². The summed E-state index contributed by atoms with van der Waals surface area (Å²) in [5, 5.41) is -0.0816. The van der Waals surface area contributed by atoms with Crippen molar-refractivity contribution in [3.05, 3.63) is 52.8 Å². The van der Waals surface area contributed by atoms with E-state index in [0.29, 0.717) is 0 Å². The maximum atomic E-state index is 13.8. The molecular formula is C14H14ClFN2O2. The van der Waals surface area contributed by atoms with Gasteiger partial charge in [0, 0.05) is 0 Å². The molecule has 0 unspecified atom stereocenters. The number of hydrogen-bond donors (Lipinski definition) is 0. The van der Waals surface area contributed by atoms with Gasteiger partial charge in [0.05, 0.1) is 12.6 Å². The smallest absolute Gasteiger partial charge is 0.359 e. The Labute approximate surface area is 121 Å². The van der Waals surface area contributed by atoms with Crippen LogP contribution < -0.4 is 0 Å². The third-order valence-electron chi connectivity index (χ3n) is 2.96. The van der Waals surface area contributed by atoms with Crippen molar-refractivity contribution in [2.45, 2.75) is 19.9 Å². The van der Waals surface area contributed by atoms with E-state index in [9.17, 15) is 9.18 Å². The predicted molar refractivity (Wildman–Crippen MR) is 73.4 cm³/mol. The first kappa shape index (κ1) is 14.5. The Hall–Kier alpha value is -1.88. The van der Waals surface area contributed by atoms with Crippen molar-refractivity contribution >= 4 is 17.6 Å². The van der Waals surface area contributed by atoms with Gasteiger partial charge in [0.2, 0.25) is 11.2 Å². The highest BCUT2D eigenvalue weighted by molar-refractivity contribution is 6.28. The highest BCUT2D eigenvalue weighted by Crippen LogP contribution is 2.26. The van der Waals surface area contributed by atoms with Crippen LogP contribution in [0.1, 0.15) is 35.9 Å². The fourth-order valence-corrected chi connectivity index (χ4v) is 2.30. The lowest BCUT2D eigenvalue weighted by atomic mass is 10.1. The molecule has 106 valence electrons. The van der Waals surface area contributed by atoms with E-state index in [0.717, 1.165) is 5.56 Å². The molecule has 6 heteroatoms. The second-order valence-electron chi connectivity index (χ2n) is 4.20. The van der Waals surface area contributed by atoms with E-state index >= 15 is 0 Å². The molecule has 4 nitrogen and oxygen atoms in total. The third kappa shape index (κ3) is 2.67. The number of carbonyl (C=O) groups is 1. The number of esters is 1. The molecule has 0 saturated heterocycles. The molecule has 2 aromatic rings. The van der Waals surface area contributed by atoms with Gasteiger partial charge in [-0.05, 0) is 31.0 Å². The summed E-state index contributed by atoms with van der Waals surface area (Å²) in [7, 11) is 0. The number of benzene rings is 1. The van der Waals surface area contributed by atoms with Crippen molar-refractivity contribution in [1.82, 2.24) is 9.55 Å². The molecule has 1 aromatic heterocycles. The maximum Gasteiger partial charge on any atom is 0.359 e. The molecule has 0 radical (unpaired) electrons. The van der Waals surface area contributed by atoms with Crippen LogP contribution in [-0.2, 0) is 4.74 Å². The molecule has 0 N–H and O–H groups in total. The van der Waals surface area contributed by atoms with Crippen molar-refractivity contribution in [2.75, 3.05) is 6.61 Å². The zero-order valence-corrected chi connectivity index (χ0v) is 11.9. The summed E-state index contributed by atoms with van der Waals surface area (Å²) in [5.74, 6) is -1.69. The summed E-state index contributed by atoms with van der Waals surface area (Å²) in [6, 6.07) is 8.99. The van der Waals surface area contributed by atoms with E-state index in [1.54, 1.807) is 6.92 Å². The minimum absolute atomic E-state index is 0.0816. The van der Waals surface area contributed by atoms with Gasteiger partial charge in [0.1, 0.15) is 0 Å². The first-order valence-corrected chi connectivity index (χ1v) is 6.59. The molecule has 0 saturated carbocycles. The topological polar surface area (TPSA) is 44.1 Å². The number of carbonyl (C=O) groups excluding carboxylic acids is 1. The van der Waals surface area contributed by atoms with Crippen molar-refractivity contribution < 1.29 is 13.9 Å². The zero-order chi connectivity index (χ0) is 14.7. The Balaban J connectivity index is 2.48. The minimum Gasteiger partial charge on any atom is -0.461 e. The third-order valence-corrected chi connectivity index (χ3v) is 3.23. The van der Waals surface area contributed by atoms with Gasteiger partial charge in [-0.1, -0.05) is 30.3 Å². The Bertz CT molecular complexity index is 613. The normalized spacial score (nSPS) is 12.2. The van der Waals surface area contributed by atoms with Crippen molar-refractivity contribution in [3.63, 3.8) is 0 Å². The van der Waals surface area contributed by atoms with Crippen LogP contribution in [0.15, 0.2) is 30.3 Å². The molecule has 0 aliphatic rings. The van der Waals surface area contributed by atoms with Gasteiger partial charge in [0.15, 0.2) is 5.69 Å². The Morgan fingerprint density at radius 2 is 2.10 bits per heavy atom. The zero-order valence-electron chi connectivity index (χ0n) is 11.1. The standard InChI is InChI=1S/C14H14ClFN2O2/c1-3-20-13(19)11-12(16)17-14(15)18(11)9(2)10-7-5-4-6-8-10/h4-9H,3H2,1-2H3/t9-/m1/s1. The monoisotopic (exact) mass is 296 g/mol. The fraction of sp³-hybridized carbons (Fsp3) is 0.286. The fourth-order valence-electron chi connectivity index (χ4n) is 2.00. The number of hydrogen-bond acceptors (Lipinski definition) is 3. The number of nitrogens with zero attached hydrogens (tertiary/aromatic N) is 2. The van der Waals surface area contributed by atoms with E-state index in [-0.39, 0.29) is 23.6 Å². The summed E-state index contributed by atoms with van der Waals surface area (Å²) < 4.78 is 20.0. The average molecular weight is 297 g/mol. The van der Waals surface area contributed by atoms with Gasteiger partial charge >= 0.3 is 5.97 Å². The second-order valence-corrected chi connectivity index (χ2v) is 4.54. The molecule has 0 fully saturated rings. The lowest BCUT2D eigenvalue weighted by Gasteiger charge is -2.17. The van der Waals surface area contributed by atoms with Gasteiger partial charge in [-0.25, -0.2) is 4.79 Å². The van der Waals surface area contributed by atoms with Gasteiger partial charge in [-0.3, -0.25) is 4.57 Å². The number of rotatable bonds is 4. The van der Waals surface area contributed by atoms with Crippen LogP contribution in [0.3, 0.4) is 0 Å². The number of aromatic nitrogens is 2. The van der Waals surface area contributed by atoms with E-state index < -0.39 is 11.9 Å². The predicted octanol–water partition coefficient (Wildman–Crippen LogP) is 3.46. The summed E-state index contributed by atoms with van der Waals surface area (Å²) in [5.41, 5.74) is 0.630. The second kappa shape index (κ2) is 6.05. The Morgan fingerprint density at radius 3 is 2.70 bits per heavy atom. The molecule has 1 heterocycles. The van der Waals surface area contributed by atoms with Crippen LogP contribution in [0.5, 0.6) is 0 Å². The van der Waals surface area contributed by atoms with Gasteiger partial charge in [-0.2, -0.15) is 9.37 Å². The quantitative estimate of drug-likeness (QED) is 0.812. The van der Waals surface area contributed by atoms with Crippen LogP contribution in [0.4, 0.5) is 4.39 Å². The van der Waals surface area contributed by atoms with Crippen molar-refractivity contribution in [1.29, 1.82) is 0 Å². The van der Waals surface area contributed by atoms with Crippen LogP contribution in [-0.4, -0.2) is 22.1 Å². The number of imidazole rings is 1. The summed E-state index contributed by atoms with van der Waals surface area (Å²) >= 11 is 5.94. The highest BCUT2D eigenvalue weighted by atomic mass is 35.5. The first-order valence-electron chi connectivity index (χ1n) is 6.21. The van der Waals surface area contributed by atoms with Gasteiger partial charge in [-0.15, -0.1) is 0 Å². The SMILES string of the molecule is CCOC(=O)c1c(F)nc(Cl)n1[C@H](C)c1ccccc1. The molecule has 1 atom stereocenters. The molecule has 20 heavy (non-hydrogen) atoms. The molecule has 0 aliphatic carbocycles. The Morgan fingerprint density at radius 1 is 1.45 bits per heavy atom. The molecule has 0 bridgehead atoms. The molecule has 0 aliphatic heterocycles. The lowest BCUT2D eigenvalue weighted by molar-refractivity contribution is 0.0506. The first-order chi connectivity index (χ1) is 9.56. The molecule has 0 spiro atoms. The maximum absolute atomic E-state index is 13.8. The number of ether oxygens (including phenoxy) is 1.